The SMILES string of the molecule is CN(C)CC(=C\Sc1ccccc1)/C=C(\CN(C)C)Sc1ccccc1. The van der Waals surface area contributed by atoms with E-state index in [-0.39, 0.29) is 0 Å². The maximum atomic E-state index is 2.34. The van der Waals surface area contributed by atoms with Crippen molar-refractivity contribution in [1.82, 2.24) is 9.80 Å². The van der Waals surface area contributed by atoms with E-state index in [9.17, 15) is 0 Å². The van der Waals surface area contributed by atoms with Gasteiger partial charge in [0.25, 0.3) is 0 Å². The van der Waals surface area contributed by atoms with E-state index in [1.54, 1.807) is 11.8 Å². The Morgan fingerprint density at radius 1 is 0.769 bits per heavy atom. The lowest BCUT2D eigenvalue weighted by molar-refractivity contribution is 0.446. The molecule has 0 aliphatic rings. The van der Waals surface area contributed by atoms with Crippen LogP contribution in [0.15, 0.2) is 92.4 Å². The van der Waals surface area contributed by atoms with Gasteiger partial charge in [0.1, 0.15) is 0 Å². The number of likely N-dealkylation sites (N-methyl/N-ethyl adjacent to an activating group) is 2. The maximum absolute atomic E-state index is 2.34. The van der Waals surface area contributed by atoms with E-state index in [4.69, 9.17) is 0 Å². The van der Waals surface area contributed by atoms with Crippen molar-refractivity contribution in [1.29, 1.82) is 0 Å². The van der Waals surface area contributed by atoms with Crippen LogP contribution in [0.3, 0.4) is 0 Å². The molecule has 0 heterocycles. The quantitative estimate of drug-likeness (QED) is 0.418. The van der Waals surface area contributed by atoms with Crippen molar-refractivity contribution in [3.05, 3.63) is 82.6 Å². The number of benzene rings is 2. The second kappa shape index (κ2) is 11.3. The van der Waals surface area contributed by atoms with Crippen LogP contribution in [-0.2, 0) is 0 Å². The summed E-state index contributed by atoms with van der Waals surface area (Å²) in [5, 5.41) is 2.27. The van der Waals surface area contributed by atoms with Gasteiger partial charge in [-0.1, -0.05) is 59.9 Å². The van der Waals surface area contributed by atoms with Crippen LogP contribution in [0.25, 0.3) is 0 Å². The second-order valence-corrected chi connectivity index (χ2v) is 8.77. The monoisotopic (exact) mass is 384 g/mol. The summed E-state index contributed by atoms with van der Waals surface area (Å²) < 4.78 is 0. The molecule has 138 valence electrons. The Labute approximate surface area is 167 Å². The first kappa shape index (κ1) is 20.8. The summed E-state index contributed by atoms with van der Waals surface area (Å²) in [6.45, 7) is 1.85. The molecule has 26 heavy (non-hydrogen) atoms. The smallest absolute Gasteiger partial charge is 0.0291 e. The molecule has 0 atom stereocenters. The first-order chi connectivity index (χ1) is 12.5. The zero-order chi connectivity index (χ0) is 18.8. The Hall–Kier alpha value is -1.46. The van der Waals surface area contributed by atoms with E-state index in [1.807, 2.05) is 11.8 Å². The summed E-state index contributed by atoms with van der Waals surface area (Å²) in [4.78, 5) is 8.33. The topological polar surface area (TPSA) is 6.48 Å². The Bertz CT molecular complexity index is 707. The third kappa shape index (κ3) is 8.28. The molecule has 0 N–H and O–H groups in total. The van der Waals surface area contributed by atoms with Crippen LogP contribution in [0.4, 0.5) is 0 Å². The van der Waals surface area contributed by atoms with Crippen LogP contribution in [0.2, 0.25) is 0 Å². The number of hydrogen-bond acceptors (Lipinski definition) is 4. The number of thioether (sulfide) groups is 2. The Kier molecular flexibility index (Phi) is 9.06. The minimum Gasteiger partial charge on any atom is -0.305 e. The lowest BCUT2D eigenvalue weighted by Crippen LogP contribution is -2.16. The molecule has 0 amide bonds. The fourth-order valence-corrected chi connectivity index (χ4v) is 4.26. The molecule has 0 spiro atoms. The molecule has 0 radical (unpaired) electrons. The molecule has 2 rings (SSSR count). The fourth-order valence-electron chi connectivity index (χ4n) is 2.39. The Morgan fingerprint density at radius 3 is 1.85 bits per heavy atom. The zero-order valence-electron chi connectivity index (χ0n) is 16.1. The molecule has 2 nitrogen and oxygen atoms in total. The summed E-state index contributed by atoms with van der Waals surface area (Å²) >= 11 is 3.63. The highest BCUT2D eigenvalue weighted by atomic mass is 32.2. The number of nitrogens with zero attached hydrogens (tertiary/aromatic N) is 2. The maximum Gasteiger partial charge on any atom is 0.0291 e. The summed E-state index contributed by atoms with van der Waals surface area (Å²) in [6, 6.07) is 21.1. The van der Waals surface area contributed by atoms with Crippen molar-refractivity contribution in [2.45, 2.75) is 9.79 Å². The third-order valence-electron chi connectivity index (χ3n) is 3.40. The van der Waals surface area contributed by atoms with E-state index in [0.29, 0.717) is 0 Å². The van der Waals surface area contributed by atoms with Gasteiger partial charge in [0.15, 0.2) is 0 Å². The van der Waals surface area contributed by atoms with Crippen molar-refractivity contribution in [3.8, 4) is 0 Å². The second-order valence-electron chi connectivity index (χ2n) is 6.63. The zero-order valence-corrected chi connectivity index (χ0v) is 17.7. The Morgan fingerprint density at radius 2 is 1.31 bits per heavy atom. The summed E-state index contributed by atoms with van der Waals surface area (Å²) in [7, 11) is 8.47. The van der Waals surface area contributed by atoms with Crippen molar-refractivity contribution in [3.63, 3.8) is 0 Å². The summed E-state index contributed by atoms with van der Waals surface area (Å²) in [6.07, 6.45) is 2.34. The van der Waals surface area contributed by atoms with Crippen LogP contribution < -0.4 is 0 Å². The molecule has 0 saturated heterocycles. The van der Waals surface area contributed by atoms with Gasteiger partial charge < -0.3 is 9.80 Å². The summed E-state index contributed by atoms with van der Waals surface area (Å²) in [5.41, 5.74) is 1.32. The molecule has 0 fully saturated rings. The fraction of sp³-hybridized carbons (Fsp3) is 0.273. The predicted molar refractivity (Wildman–Crippen MR) is 118 cm³/mol. The molecule has 0 aliphatic carbocycles. The van der Waals surface area contributed by atoms with Gasteiger partial charge in [-0.2, -0.15) is 0 Å². The summed E-state index contributed by atoms with van der Waals surface area (Å²) in [5.74, 6) is 0. The lowest BCUT2D eigenvalue weighted by Gasteiger charge is -2.16. The van der Waals surface area contributed by atoms with E-state index >= 15 is 0 Å². The highest BCUT2D eigenvalue weighted by Crippen LogP contribution is 2.29. The Balaban J connectivity index is 2.22. The van der Waals surface area contributed by atoms with Crippen LogP contribution in [0.5, 0.6) is 0 Å². The molecule has 0 saturated carbocycles. The first-order valence-corrected chi connectivity index (χ1v) is 10.4. The van der Waals surface area contributed by atoms with E-state index in [0.717, 1.165) is 13.1 Å². The average Bonchev–Trinajstić information content (AvgIpc) is 2.60. The third-order valence-corrected chi connectivity index (χ3v) is 5.38. The molecule has 4 heteroatoms. The van der Waals surface area contributed by atoms with E-state index < -0.39 is 0 Å². The standard InChI is InChI=1S/C22H28N2S2/c1-23(2)16-19(18-25-20-11-7-5-8-12-20)15-22(17-24(3)4)26-21-13-9-6-10-14-21/h5-15,18H,16-17H2,1-4H3/b19-18-,22-15+. The number of rotatable bonds is 9. The van der Waals surface area contributed by atoms with Crippen LogP contribution >= 0.6 is 23.5 Å². The van der Waals surface area contributed by atoms with Gasteiger partial charge in [-0.15, -0.1) is 0 Å². The predicted octanol–water partition coefficient (Wildman–Crippen LogP) is 5.46. The van der Waals surface area contributed by atoms with Crippen molar-refractivity contribution >= 4 is 23.5 Å². The number of hydrogen-bond donors (Lipinski definition) is 0. The van der Waals surface area contributed by atoms with Gasteiger partial charge in [-0.3, -0.25) is 0 Å². The van der Waals surface area contributed by atoms with Crippen molar-refractivity contribution < 1.29 is 0 Å². The van der Waals surface area contributed by atoms with Gasteiger partial charge >= 0.3 is 0 Å². The van der Waals surface area contributed by atoms with E-state index in [1.165, 1.54) is 20.3 Å². The van der Waals surface area contributed by atoms with Gasteiger partial charge in [0.2, 0.25) is 0 Å². The first-order valence-electron chi connectivity index (χ1n) is 8.66. The molecule has 2 aromatic carbocycles. The van der Waals surface area contributed by atoms with E-state index in [2.05, 4.69) is 110 Å². The molecule has 0 bridgehead atoms. The lowest BCUT2D eigenvalue weighted by atomic mass is 10.2. The average molecular weight is 385 g/mol. The largest absolute Gasteiger partial charge is 0.305 e. The van der Waals surface area contributed by atoms with Crippen molar-refractivity contribution in [2.24, 2.45) is 0 Å². The molecule has 2 aromatic rings. The molecule has 0 aromatic heterocycles. The molecule has 0 unspecified atom stereocenters. The van der Waals surface area contributed by atoms with Gasteiger partial charge in [-0.05, 0) is 69.5 Å². The van der Waals surface area contributed by atoms with Crippen molar-refractivity contribution in [2.75, 3.05) is 41.3 Å². The normalized spacial score (nSPS) is 12.8. The molecular formula is C22H28N2S2. The minimum absolute atomic E-state index is 0.923. The van der Waals surface area contributed by atoms with Gasteiger partial charge in [0.05, 0.1) is 0 Å². The van der Waals surface area contributed by atoms with Gasteiger partial charge in [0, 0.05) is 27.8 Å². The molecule has 0 aliphatic heterocycles. The highest BCUT2D eigenvalue weighted by Gasteiger charge is 2.06. The van der Waals surface area contributed by atoms with Crippen LogP contribution in [-0.4, -0.2) is 51.1 Å². The van der Waals surface area contributed by atoms with Crippen LogP contribution in [0.1, 0.15) is 0 Å². The minimum atomic E-state index is 0.923. The highest BCUT2D eigenvalue weighted by molar-refractivity contribution is 8.03. The van der Waals surface area contributed by atoms with Crippen LogP contribution in [0, 0.1) is 0 Å². The van der Waals surface area contributed by atoms with Gasteiger partial charge in [-0.25, -0.2) is 0 Å². The molecular weight excluding hydrogens is 356 g/mol.